The van der Waals surface area contributed by atoms with Crippen LogP contribution >= 0.6 is 11.6 Å². The Morgan fingerprint density at radius 3 is 2.24 bits per heavy atom. The number of halogens is 1. The molecule has 0 spiro atoms. The maximum absolute atomic E-state index is 6.32. The Bertz CT molecular complexity index is 445. The van der Waals surface area contributed by atoms with Crippen molar-refractivity contribution < 1.29 is 4.74 Å². The SMILES string of the molecule is CCOc1c(C(C)C)cc(Cl)cc1C(C)CCC(N)CC. The molecule has 0 saturated carbocycles. The highest BCUT2D eigenvalue weighted by atomic mass is 35.5. The quantitative estimate of drug-likeness (QED) is 0.689. The van der Waals surface area contributed by atoms with E-state index in [9.17, 15) is 0 Å². The molecule has 0 aliphatic heterocycles. The van der Waals surface area contributed by atoms with E-state index in [-0.39, 0.29) is 6.04 Å². The number of hydrogen-bond donors (Lipinski definition) is 1. The van der Waals surface area contributed by atoms with Gasteiger partial charge in [0.15, 0.2) is 0 Å². The van der Waals surface area contributed by atoms with Gasteiger partial charge in [-0.15, -0.1) is 0 Å². The van der Waals surface area contributed by atoms with Gasteiger partial charge in [-0.25, -0.2) is 0 Å². The van der Waals surface area contributed by atoms with Gasteiger partial charge in [0.25, 0.3) is 0 Å². The van der Waals surface area contributed by atoms with Gasteiger partial charge in [-0.3, -0.25) is 0 Å². The molecule has 1 aromatic rings. The van der Waals surface area contributed by atoms with Crippen molar-refractivity contribution in [3.63, 3.8) is 0 Å². The minimum Gasteiger partial charge on any atom is -0.493 e. The summed E-state index contributed by atoms with van der Waals surface area (Å²) in [4.78, 5) is 0. The summed E-state index contributed by atoms with van der Waals surface area (Å²) in [6.07, 6.45) is 3.12. The minimum absolute atomic E-state index is 0.284. The van der Waals surface area contributed by atoms with Gasteiger partial charge in [0, 0.05) is 11.1 Å². The van der Waals surface area contributed by atoms with Gasteiger partial charge in [0.05, 0.1) is 6.61 Å². The van der Waals surface area contributed by atoms with E-state index in [1.54, 1.807) is 0 Å². The molecule has 2 nitrogen and oxygen atoms in total. The molecule has 0 aliphatic carbocycles. The first-order valence-corrected chi connectivity index (χ1v) is 8.50. The van der Waals surface area contributed by atoms with E-state index in [0.29, 0.717) is 18.4 Å². The van der Waals surface area contributed by atoms with Crippen LogP contribution < -0.4 is 10.5 Å². The number of hydrogen-bond acceptors (Lipinski definition) is 2. The van der Waals surface area contributed by atoms with Gasteiger partial charge >= 0.3 is 0 Å². The zero-order valence-corrected chi connectivity index (χ0v) is 14.8. The Morgan fingerprint density at radius 2 is 1.71 bits per heavy atom. The number of nitrogens with two attached hydrogens (primary N) is 1. The number of rotatable bonds is 8. The van der Waals surface area contributed by atoms with Gasteiger partial charge in [-0.1, -0.05) is 39.3 Å². The molecule has 0 saturated heterocycles. The first-order chi connectivity index (χ1) is 9.90. The van der Waals surface area contributed by atoms with Crippen molar-refractivity contribution in [2.24, 2.45) is 5.73 Å². The molecule has 0 fully saturated rings. The molecule has 0 amide bonds. The van der Waals surface area contributed by atoms with Crippen LogP contribution in [0.15, 0.2) is 12.1 Å². The third-order valence-corrected chi connectivity index (χ3v) is 4.27. The van der Waals surface area contributed by atoms with Crippen LogP contribution in [0.4, 0.5) is 0 Å². The van der Waals surface area contributed by atoms with Crippen LogP contribution in [0.2, 0.25) is 5.02 Å². The molecular weight excluding hydrogens is 282 g/mol. The lowest BCUT2D eigenvalue weighted by Crippen LogP contribution is -2.19. The fourth-order valence-corrected chi connectivity index (χ4v) is 2.80. The van der Waals surface area contributed by atoms with Crippen molar-refractivity contribution in [2.75, 3.05) is 6.61 Å². The molecule has 1 rings (SSSR count). The van der Waals surface area contributed by atoms with E-state index in [4.69, 9.17) is 22.1 Å². The maximum atomic E-state index is 6.32. The van der Waals surface area contributed by atoms with E-state index in [1.807, 2.05) is 13.0 Å². The molecule has 2 unspecified atom stereocenters. The smallest absolute Gasteiger partial charge is 0.126 e. The molecular formula is C18H30ClNO. The molecule has 0 aliphatic rings. The zero-order chi connectivity index (χ0) is 16.0. The lowest BCUT2D eigenvalue weighted by molar-refractivity contribution is 0.328. The van der Waals surface area contributed by atoms with Gasteiger partial charge in [0.1, 0.15) is 5.75 Å². The molecule has 0 heterocycles. The van der Waals surface area contributed by atoms with E-state index in [0.717, 1.165) is 30.0 Å². The fraction of sp³-hybridized carbons (Fsp3) is 0.667. The van der Waals surface area contributed by atoms with Crippen LogP contribution in [-0.2, 0) is 0 Å². The Labute approximate surface area is 135 Å². The number of benzene rings is 1. The largest absolute Gasteiger partial charge is 0.493 e. The van der Waals surface area contributed by atoms with Gasteiger partial charge in [-0.05, 0) is 61.3 Å². The monoisotopic (exact) mass is 311 g/mol. The van der Waals surface area contributed by atoms with Crippen LogP contribution in [0.3, 0.4) is 0 Å². The molecule has 2 atom stereocenters. The molecule has 0 bridgehead atoms. The van der Waals surface area contributed by atoms with Gasteiger partial charge < -0.3 is 10.5 Å². The molecule has 2 N–H and O–H groups in total. The third-order valence-electron chi connectivity index (χ3n) is 4.05. The van der Waals surface area contributed by atoms with Crippen molar-refractivity contribution in [1.29, 1.82) is 0 Å². The normalized spacial score (nSPS) is 14.3. The summed E-state index contributed by atoms with van der Waals surface area (Å²) < 4.78 is 5.95. The maximum Gasteiger partial charge on any atom is 0.126 e. The molecule has 21 heavy (non-hydrogen) atoms. The Hall–Kier alpha value is -0.730. The Kier molecular flexibility index (Phi) is 7.55. The van der Waals surface area contributed by atoms with Crippen LogP contribution in [0.5, 0.6) is 5.75 Å². The summed E-state index contributed by atoms with van der Waals surface area (Å²) in [6.45, 7) is 11.4. The highest BCUT2D eigenvalue weighted by Gasteiger charge is 2.19. The van der Waals surface area contributed by atoms with Gasteiger partial charge in [0.2, 0.25) is 0 Å². The van der Waals surface area contributed by atoms with Crippen molar-refractivity contribution in [3.05, 3.63) is 28.3 Å². The topological polar surface area (TPSA) is 35.2 Å². The van der Waals surface area contributed by atoms with E-state index in [1.165, 1.54) is 11.1 Å². The zero-order valence-electron chi connectivity index (χ0n) is 14.1. The summed E-state index contributed by atoms with van der Waals surface area (Å²) in [7, 11) is 0. The van der Waals surface area contributed by atoms with Crippen LogP contribution in [0, 0.1) is 0 Å². The second-order valence-electron chi connectivity index (χ2n) is 6.15. The Balaban J connectivity index is 3.08. The van der Waals surface area contributed by atoms with Crippen molar-refractivity contribution in [3.8, 4) is 5.75 Å². The second kappa shape index (κ2) is 8.65. The minimum atomic E-state index is 0.284. The molecule has 0 radical (unpaired) electrons. The average molecular weight is 312 g/mol. The molecule has 3 heteroatoms. The third kappa shape index (κ3) is 5.19. The van der Waals surface area contributed by atoms with E-state index < -0.39 is 0 Å². The summed E-state index contributed by atoms with van der Waals surface area (Å²) in [6, 6.07) is 4.37. The first kappa shape index (κ1) is 18.3. The predicted octanol–water partition coefficient (Wildman–Crippen LogP) is 5.48. The van der Waals surface area contributed by atoms with Gasteiger partial charge in [-0.2, -0.15) is 0 Å². The predicted molar refractivity (Wildman–Crippen MR) is 92.6 cm³/mol. The van der Waals surface area contributed by atoms with Crippen LogP contribution in [-0.4, -0.2) is 12.6 Å². The standard InChI is InChI=1S/C18H30ClNO/c1-6-15(20)9-8-13(5)17-11-14(19)10-16(12(3)4)18(17)21-7-2/h10-13,15H,6-9,20H2,1-5H3. The Morgan fingerprint density at radius 1 is 1.10 bits per heavy atom. The van der Waals surface area contributed by atoms with Crippen molar-refractivity contribution >= 4 is 11.6 Å². The van der Waals surface area contributed by atoms with Crippen molar-refractivity contribution in [1.82, 2.24) is 0 Å². The number of ether oxygens (including phenoxy) is 1. The van der Waals surface area contributed by atoms with Crippen molar-refractivity contribution in [2.45, 2.75) is 71.8 Å². The lowest BCUT2D eigenvalue weighted by atomic mass is 9.89. The fourth-order valence-electron chi connectivity index (χ4n) is 2.57. The average Bonchev–Trinajstić information content (AvgIpc) is 2.45. The summed E-state index contributed by atoms with van der Waals surface area (Å²) >= 11 is 6.32. The molecule has 1 aromatic carbocycles. The summed E-state index contributed by atoms with van der Waals surface area (Å²) in [5.74, 6) is 1.82. The molecule has 0 aromatic heterocycles. The summed E-state index contributed by atoms with van der Waals surface area (Å²) in [5.41, 5.74) is 8.47. The van der Waals surface area contributed by atoms with E-state index in [2.05, 4.69) is 33.8 Å². The highest BCUT2D eigenvalue weighted by molar-refractivity contribution is 6.30. The van der Waals surface area contributed by atoms with Crippen LogP contribution in [0.1, 0.15) is 76.8 Å². The van der Waals surface area contributed by atoms with E-state index >= 15 is 0 Å². The second-order valence-corrected chi connectivity index (χ2v) is 6.58. The molecule has 120 valence electrons. The summed E-state index contributed by atoms with van der Waals surface area (Å²) in [5, 5.41) is 0.795. The lowest BCUT2D eigenvalue weighted by Gasteiger charge is -2.22. The highest BCUT2D eigenvalue weighted by Crippen LogP contribution is 2.39. The first-order valence-electron chi connectivity index (χ1n) is 8.12. The van der Waals surface area contributed by atoms with Crippen LogP contribution in [0.25, 0.3) is 0 Å².